The molecule has 0 aromatic heterocycles. The first-order valence-electron chi connectivity index (χ1n) is 19.5. The van der Waals surface area contributed by atoms with E-state index in [9.17, 15) is 34.5 Å². The molecule has 1 amide bonds. The van der Waals surface area contributed by atoms with Crippen molar-refractivity contribution in [2.24, 2.45) is 5.73 Å². The van der Waals surface area contributed by atoms with Crippen LogP contribution in [0.25, 0.3) is 0 Å². The van der Waals surface area contributed by atoms with Gasteiger partial charge in [-0.15, -0.1) is 0 Å². The van der Waals surface area contributed by atoms with E-state index in [2.05, 4.69) is 4.90 Å². The van der Waals surface area contributed by atoms with Crippen molar-refractivity contribution < 1.29 is 77.1 Å². The normalized spacial score (nSPS) is 33.1. The van der Waals surface area contributed by atoms with Crippen LogP contribution in [0.15, 0.2) is 18.2 Å². The van der Waals surface area contributed by atoms with Gasteiger partial charge in [-0.3, -0.25) is 24.1 Å². The van der Waals surface area contributed by atoms with E-state index >= 15 is 0 Å². The molecule has 4 aliphatic heterocycles. The van der Waals surface area contributed by atoms with E-state index in [4.69, 9.17) is 48.4 Å². The molecule has 0 bridgehead atoms. The molecule has 18 nitrogen and oxygen atoms in total. The summed E-state index contributed by atoms with van der Waals surface area (Å²) < 4.78 is 53.0. The molecule has 5 N–H and O–H groups in total. The van der Waals surface area contributed by atoms with Crippen LogP contribution in [0.4, 0.5) is 0 Å². The summed E-state index contributed by atoms with van der Waals surface area (Å²) in [5.41, 5.74) is 1.67. The molecule has 0 saturated carbocycles. The predicted molar refractivity (Wildman–Crippen MR) is 195 cm³/mol. The summed E-state index contributed by atoms with van der Waals surface area (Å²) in [6, 6.07) is 4.25. The van der Waals surface area contributed by atoms with Crippen LogP contribution < -0.4 is 10.5 Å². The van der Waals surface area contributed by atoms with Gasteiger partial charge < -0.3 is 63.7 Å². The first-order valence-corrected chi connectivity index (χ1v) is 19.5. The number of ether oxygens (including phenoxy) is 9. The van der Waals surface area contributed by atoms with Crippen LogP contribution in [-0.2, 0) is 53.9 Å². The lowest BCUT2D eigenvalue weighted by Crippen LogP contribution is -2.55. The fraction of sp³-hybridized carbons (Fsp3) is 0.600. The van der Waals surface area contributed by atoms with E-state index in [1.54, 1.807) is 0 Å². The van der Waals surface area contributed by atoms with Gasteiger partial charge in [-0.05, 0) is 32.3 Å². The van der Waals surface area contributed by atoms with Crippen molar-refractivity contribution in [3.63, 3.8) is 0 Å². The number of methoxy groups -OCH3 is 2. The van der Waals surface area contributed by atoms with Gasteiger partial charge in [0.25, 0.3) is 0 Å². The zero-order chi connectivity index (χ0) is 41.0. The van der Waals surface area contributed by atoms with Gasteiger partial charge in [0, 0.05) is 55.6 Å². The number of phenols is 2. The van der Waals surface area contributed by atoms with E-state index in [0.717, 1.165) is 0 Å². The van der Waals surface area contributed by atoms with E-state index < -0.39 is 114 Å². The van der Waals surface area contributed by atoms with Gasteiger partial charge in [0.15, 0.2) is 36.7 Å². The second-order valence-corrected chi connectivity index (χ2v) is 15.5. The maximum atomic E-state index is 14.2. The zero-order valence-corrected chi connectivity index (χ0v) is 32.4. The average Bonchev–Trinajstić information content (AvgIpc) is 3.59. The van der Waals surface area contributed by atoms with Gasteiger partial charge in [0.2, 0.25) is 11.7 Å². The van der Waals surface area contributed by atoms with Gasteiger partial charge in [-0.2, -0.15) is 0 Å². The third-order valence-corrected chi connectivity index (χ3v) is 12.0. The lowest BCUT2D eigenvalue weighted by Gasteiger charge is -2.43. The Bertz CT molecular complexity index is 1970. The van der Waals surface area contributed by atoms with Crippen LogP contribution in [0.1, 0.15) is 88.1 Å². The number of benzene rings is 2. The van der Waals surface area contributed by atoms with Gasteiger partial charge in [-0.1, -0.05) is 12.1 Å². The Balaban J connectivity index is 1.10. The number of phenolic OH excluding ortho intramolecular Hbond substituents is 2. The Labute approximate surface area is 333 Å². The number of fused-ring (bicyclic) bond motifs is 6. The maximum absolute atomic E-state index is 14.2. The van der Waals surface area contributed by atoms with E-state index in [1.807, 2.05) is 6.92 Å². The summed E-state index contributed by atoms with van der Waals surface area (Å²) >= 11 is 0. The Morgan fingerprint density at radius 1 is 1.00 bits per heavy atom. The Hall–Kier alpha value is -4.08. The zero-order valence-electron chi connectivity index (χ0n) is 32.4. The summed E-state index contributed by atoms with van der Waals surface area (Å²) in [5, 5.41) is 36.2. The Morgan fingerprint density at radius 3 is 2.55 bits per heavy atom. The third kappa shape index (κ3) is 7.18. The molecule has 4 fully saturated rings. The number of carbonyl (C=O) groups excluding carboxylic acids is 4. The number of hydrogen-bond donors (Lipinski definition) is 4. The summed E-state index contributed by atoms with van der Waals surface area (Å²) in [4.78, 5) is 55.5. The number of carbonyl (C=O) groups is 4. The van der Waals surface area contributed by atoms with Crippen molar-refractivity contribution in [2.45, 2.75) is 107 Å². The number of nitrogens with zero attached hydrogens (tertiary/aromatic N) is 1. The largest absolute Gasteiger partial charge is 0.507 e. The summed E-state index contributed by atoms with van der Waals surface area (Å²) in [7, 11) is 2.88. The number of Topliss-reactive ketones (excluding diaryl/α,β-unsaturated/α-hetero) is 1. The Kier molecular flexibility index (Phi) is 11.3. The standard InChI is InChI=1S/C40H48N2O16/c1-18-37-22(42-10-11-53-39(51-3)38(42)58-37)12-28(55-18)57-24-14-40(49,25(43)16-54-27-9-4-6-19(56-27)15-52-17-26(41)44)13-21-30(24)36(48)32-31(34(21)46)33(45)20-7-5-8-23(50-2)29(20)35(32)47/h5,7-8,18-19,22,24,27-28,37-39,46,48-49H,4,6,9-17H2,1-3H3,(H2,41,44)/t18-,19?,22-,24-,27?,28-,37?,38+,39-,40-/m0/s1. The van der Waals surface area contributed by atoms with Gasteiger partial charge >= 0.3 is 0 Å². The predicted octanol–water partition coefficient (Wildman–Crippen LogP) is 1.13. The topological polar surface area (TPSA) is 241 Å². The van der Waals surface area contributed by atoms with Crippen LogP contribution in [0.3, 0.4) is 0 Å². The maximum Gasteiger partial charge on any atom is 0.243 e. The second-order valence-electron chi connectivity index (χ2n) is 15.5. The lowest BCUT2D eigenvalue weighted by molar-refractivity contribution is -0.256. The molecular formula is C40H48N2O16. The number of amides is 1. The highest BCUT2D eigenvalue weighted by atomic mass is 16.7. The van der Waals surface area contributed by atoms with Crippen molar-refractivity contribution >= 4 is 23.3 Å². The average molecular weight is 813 g/mol. The molecule has 0 spiro atoms. The minimum atomic E-state index is -2.25. The fourth-order valence-corrected chi connectivity index (χ4v) is 9.24. The summed E-state index contributed by atoms with van der Waals surface area (Å²) in [5.74, 6) is -4.11. The molecule has 4 saturated heterocycles. The smallest absolute Gasteiger partial charge is 0.243 e. The SMILES string of the molecule is COc1cccc2c1C(=O)c1c(O)c3c(c(O)c1C2=O)C[C@@](O)(C(=O)COC1CCCC(COCC(N)=O)O1)C[C@@H]3O[C@H]1C[C@H]2C(O[C@@H]3[C@@H](OC)OCCN32)[C@H](C)O1. The van der Waals surface area contributed by atoms with Crippen molar-refractivity contribution in [1.82, 2.24) is 4.90 Å². The number of aromatic hydroxyl groups is 2. The van der Waals surface area contributed by atoms with E-state index in [1.165, 1.54) is 32.4 Å². The molecule has 4 heterocycles. The molecule has 2 aromatic rings. The summed E-state index contributed by atoms with van der Waals surface area (Å²) in [6.07, 6.45) is -4.47. The number of ketones is 3. The third-order valence-electron chi connectivity index (χ3n) is 12.0. The van der Waals surface area contributed by atoms with Crippen molar-refractivity contribution in [2.75, 3.05) is 47.2 Å². The fourth-order valence-electron chi connectivity index (χ4n) is 9.24. The molecule has 58 heavy (non-hydrogen) atoms. The van der Waals surface area contributed by atoms with Gasteiger partial charge in [0.1, 0.15) is 42.2 Å². The second kappa shape index (κ2) is 16.2. The Morgan fingerprint density at radius 2 is 1.79 bits per heavy atom. The van der Waals surface area contributed by atoms with Crippen LogP contribution in [0.2, 0.25) is 0 Å². The van der Waals surface area contributed by atoms with Crippen LogP contribution >= 0.6 is 0 Å². The molecule has 8 rings (SSSR count). The number of morpholine rings is 1. The molecule has 3 unspecified atom stereocenters. The highest BCUT2D eigenvalue weighted by Crippen LogP contribution is 2.53. The molecule has 10 atom stereocenters. The van der Waals surface area contributed by atoms with Crippen molar-refractivity contribution in [3.05, 3.63) is 51.6 Å². The molecule has 2 aromatic carbocycles. The monoisotopic (exact) mass is 812 g/mol. The van der Waals surface area contributed by atoms with Crippen LogP contribution in [0, 0.1) is 0 Å². The van der Waals surface area contributed by atoms with Gasteiger partial charge in [-0.25, -0.2) is 0 Å². The number of aliphatic hydroxyl groups is 1. The van der Waals surface area contributed by atoms with Crippen LogP contribution in [0.5, 0.6) is 17.2 Å². The molecule has 6 aliphatic rings. The van der Waals surface area contributed by atoms with Crippen molar-refractivity contribution in [3.8, 4) is 17.2 Å². The lowest BCUT2D eigenvalue weighted by atomic mass is 9.72. The highest BCUT2D eigenvalue weighted by molar-refractivity contribution is 6.31. The number of hydrogen-bond acceptors (Lipinski definition) is 17. The molecule has 314 valence electrons. The van der Waals surface area contributed by atoms with Crippen LogP contribution in [-0.4, -0.2) is 146 Å². The van der Waals surface area contributed by atoms with Crippen molar-refractivity contribution in [1.29, 1.82) is 0 Å². The summed E-state index contributed by atoms with van der Waals surface area (Å²) in [6.45, 7) is 2.02. The number of nitrogens with two attached hydrogens (primary N) is 1. The number of primary amides is 1. The highest BCUT2D eigenvalue weighted by Gasteiger charge is 2.55. The molecule has 2 aliphatic carbocycles. The first-order chi connectivity index (χ1) is 27.8. The molecule has 0 radical (unpaired) electrons. The quantitative estimate of drug-likeness (QED) is 0.187. The van der Waals surface area contributed by atoms with Gasteiger partial charge in [0.05, 0.1) is 55.3 Å². The first kappa shape index (κ1) is 40.7. The minimum Gasteiger partial charge on any atom is -0.507 e. The molecular weight excluding hydrogens is 764 g/mol. The van der Waals surface area contributed by atoms with E-state index in [-0.39, 0.29) is 59.8 Å². The minimum absolute atomic E-state index is 0.0456. The number of rotatable bonds is 12. The molecule has 18 heteroatoms. The van der Waals surface area contributed by atoms with E-state index in [0.29, 0.717) is 32.4 Å².